The first kappa shape index (κ1) is 9.15. The van der Waals surface area contributed by atoms with Crippen LogP contribution in [0.1, 0.15) is 11.4 Å². The van der Waals surface area contributed by atoms with Crippen LogP contribution in [0.3, 0.4) is 0 Å². The van der Waals surface area contributed by atoms with Gasteiger partial charge in [-0.3, -0.25) is 0 Å². The highest BCUT2D eigenvalue weighted by atomic mass is 14.8. The first-order valence-electron chi connectivity index (χ1n) is 5.09. The lowest BCUT2D eigenvalue weighted by Crippen LogP contribution is -1.93. The van der Waals surface area contributed by atoms with Crippen LogP contribution in [0.5, 0.6) is 0 Å². The van der Waals surface area contributed by atoms with E-state index in [0.29, 0.717) is 0 Å². The van der Waals surface area contributed by atoms with Gasteiger partial charge in [0.15, 0.2) is 0 Å². The van der Waals surface area contributed by atoms with Crippen LogP contribution in [-0.4, -0.2) is 19.9 Å². The van der Waals surface area contributed by atoms with Gasteiger partial charge < -0.3 is 0 Å². The number of fused-ring (bicyclic) bond motifs is 2. The predicted molar refractivity (Wildman–Crippen MR) is 62.1 cm³/mol. The van der Waals surface area contributed by atoms with Crippen LogP contribution in [0, 0.1) is 13.8 Å². The van der Waals surface area contributed by atoms with E-state index in [9.17, 15) is 0 Å². The maximum absolute atomic E-state index is 4.51. The van der Waals surface area contributed by atoms with Crippen molar-refractivity contribution < 1.29 is 0 Å². The van der Waals surface area contributed by atoms with E-state index in [1.54, 1.807) is 12.5 Å². The molecule has 2 heterocycles. The van der Waals surface area contributed by atoms with Crippen molar-refractivity contribution in [1.29, 1.82) is 0 Å². The number of benzene rings is 1. The van der Waals surface area contributed by atoms with Gasteiger partial charge in [0.2, 0.25) is 0 Å². The SMILES string of the molecule is Cc1nc2cc3cncnc3cc2nc1C. The molecule has 0 N–H and O–H groups in total. The summed E-state index contributed by atoms with van der Waals surface area (Å²) in [6, 6.07) is 3.93. The fourth-order valence-corrected chi connectivity index (χ4v) is 1.71. The van der Waals surface area contributed by atoms with Gasteiger partial charge in [-0.25, -0.2) is 19.9 Å². The zero-order valence-corrected chi connectivity index (χ0v) is 9.10. The molecule has 1 aromatic carbocycles. The van der Waals surface area contributed by atoms with Gasteiger partial charge in [0.1, 0.15) is 6.33 Å². The molecule has 0 aliphatic carbocycles. The summed E-state index contributed by atoms with van der Waals surface area (Å²) in [6.45, 7) is 3.93. The van der Waals surface area contributed by atoms with E-state index in [1.165, 1.54) is 0 Å². The van der Waals surface area contributed by atoms with Crippen LogP contribution >= 0.6 is 0 Å². The van der Waals surface area contributed by atoms with Gasteiger partial charge in [-0.2, -0.15) is 0 Å². The average Bonchev–Trinajstić information content (AvgIpc) is 2.28. The van der Waals surface area contributed by atoms with E-state index in [2.05, 4.69) is 19.9 Å². The number of rotatable bonds is 0. The molecule has 0 unspecified atom stereocenters. The monoisotopic (exact) mass is 210 g/mol. The van der Waals surface area contributed by atoms with Crippen molar-refractivity contribution in [3.63, 3.8) is 0 Å². The van der Waals surface area contributed by atoms with E-state index < -0.39 is 0 Å². The zero-order valence-electron chi connectivity index (χ0n) is 9.10. The van der Waals surface area contributed by atoms with Gasteiger partial charge in [-0.15, -0.1) is 0 Å². The maximum atomic E-state index is 4.51. The van der Waals surface area contributed by atoms with Gasteiger partial charge >= 0.3 is 0 Å². The van der Waals surface area contributed by atoms with Crippen LogP contribution in [0.25, 0.3) is 21.9 Å². The van der Waals surface area contributed by atoms with E-state index >= 15 is 0 Å². The van der Waals surface area contributed by atoms with Crippen LogP contribution < -0.4 is 0 Å². The van der Waals surface area contributed by atoms with E-state index in [1.807, 2.05) is 26.0 Å². The molecule has 0 aliphatic heterocycles. The van der Waals surface area contributed by atoms with Gasteiger partial charge in [-0.1, -0.05) is 0 Å². The molecule has 0 saturated carbocycles. The van der Waals surface area contributed by atoms with E-state index in [4.69, 9.17) is 0 Å². The highest BCUT2D eigenvalue weighted by Gasteiger charge is 2.03. The molecule has 0 fully saturated rings. The quantitative estimate of drug-likeness (QED) is 0.534. The molecule has 78 valence electrons. The highest BCUT2D eigenvalue weighted by molar-refractivity contribution is 5.92. The molecule has 0 atom stereocenters. The summed E-state index contributed by atoms with van der Waals surface area (Å²) in [4.78, 5) is 17.2. The topological polar surface area (TPSA) is 51.6 Å². The Bertz CT molecular complexity index is 631. The lowest BCUT2D eigenvalue weighted by atomic mass is 10.2. The molecular formula is C12H10N4. The van der Waals surface area contributed by atoms with Gasteiger partial charge in [0.05, 0.1) is 27.9 Å². The number of nitrogens with zero attached hydrogens (tertiary/aromatic N) is 4. The summed E-state index contributed by atoms with van der Waals surface area (Å²) < 4.78 is 0. The van der Waals surface area contributed by atoms with Crippen LogP contribution in [0.15, 0.2) is 24.7 Å². The molecule has 16 heavy (non-hydrogen) atoms. The summed E-state index contributed by atoms with van der Waals surface area (Å²) in [7, 11) is 0. The summed E-state index contributed by atoms with van der Waals surface area (Å²) in [5.41, 5.74) is 4.60. The second-order valence-corrected chi connectivity index (χ2v) is 3.82. The van der Waals surface area contributed by atoms with E-state index in [0.717, 1.165) is 33.3 Å². The molecule has 0 bridgehead atoms. The van der Waals surface area contributed by atoms with Gasteiger partial charge in [-0.05, 0) is 26.0 Å². The molecule has 3 rings (SSSR count). The Morgan fingerprint density at radius 2 is 1.56 bits per heavy atom. The fourth-order valence-electron chi connectivity index (χ4n) is 1.71. The predicted octanol–water partition coefficient (Wildman–Crippen LogP) is 2.19. The average molecular weight is 210 g/mol. The van der Waals surface area contributed by atoms with Crippen molar-refractivity contribution in [3.05, 3.63) is 36.0 Å². The lowest BCUT2D eigenvalue weighted by molar-refractivity contribution is 1.10. The van der Waals surface area contributed by atoms with Crippen LogP contribution in [0.4, 0.5) is 0 Å². The van der Waals surface area contributed by atoms with Gasteiger partial charge in [0, 0.05) is 11.6 Å². The Labute approximate surface area is 92.4 Å². The Hall–Kier alpha value is -2.10. The molecule has 3 aromatic rings. The maximum Gasteiger partial charge on any atom is 0.116 e. The normalized spacial score (nSPS) is 11.1. The van der Waals surface area contributed by atoms with Crippen LogP contribution in [0.2, 0.25) is 0 Å². The number of hydrogen-bond acceptors (Lipinski definition) is 4. The largest absolute Gasteiger partial charge is 0.250 e. The molecule has 2 aromatic heterocycles. The highest BCUT2D eigenvalue weighted by Crippen LogP contribution is 2.18. The Kier molecular flexibility index (Phi) is 1.83. The number of aromatic nitrogens is 4. The Balaban J connectivity index is 2.46. The second kappa shape index (κ2) is 3.20. The molecule has 0 amide bonds. The third-order valence-corrected chi connectivity index (χ3v) is 2.70. The van der Waals surface area contributed by atoms with Crippen molar-refractivity contribution in [2.24, 2.45) is 0 Å². The Morgan fingerprint density at radius 3 is 2.31 bits per heavy atom. The van der Waals surface area contributed by atoms with Crippen molar-refractivity contribution in [3.8, 4) is 0 Å². The van der Waals surface area contributed by atoms with E-state index in [-0.39, 0.29) is 0 Å². The van der Waals surface area contributed by atoms with Crippen LogP contribution in [-0.2, 0) is 0 Å². The summed E-state index contributed by atoms with van der Waals surface area (Å²) in [6.07, 6.45) is 3.33. The molecule has 4 heteroatoms. The Morgan fingerprint density at radius 1 is 0.875 bits per heavy atom. The fraction of sp³-hybridized carbons (Fsp3) is 0.167. The minimum absolute atomic E-state index is 0.884. The van der Waals surface area contributed by atoms with Crippen molar-refractivity contribution >= 4 is 21.9 Å². The zero-order chi connectivity index (χ0) is 11.1. The summed E-state index contributed by atoms with van der Waals surface area (Å²) in [5.74, 6) is 0. The molecule has 4 nitrogen and oxygen atoms in total. The first-order valence-corrected chi connectivity index (χ1v) is 5.09. The third kappa shape index (κ3) is 1.31. The minimum Gasteiger partial charge on any atom is -0.250 e. The molecular weight excluding hydrogens is 200 g/mol. The summed E-state index contributed by atoms with van der Waals surface area (Å²) >= 11 is 0. The van der Waals surface area contributed by atoms with Crippen molar-refractivity contribution in [2.45, 2.75) is 13.8 Å². The van der Waals surface area contributed by atoms with Gasteiger partial charge in [0.25, 0.3) is 0 Å². The summed E-state index contributed by atoms with van der Waals surface area (Å²) in [5, 5.41) is 0.993. The minimum atomic E-state index is 0.884. The van der Waals surface area contributed by atoms with Crippen molar-refractivity contribution in [1.82, 2.24) is 19.9 Å². The third-order valence-electron chi connectivity index (χ3n) is 2.70. The number of hydrogen-bond donors (Lipinski definition) is 0. The smallest absolute Gasteiger partial charge is 0.116 e. The second-order valence-electron chi connectivity index (χ2n) is 3.82. The standard InChI is InChI=1S/C12H10N4/c1-7-8(2)16-12-4-10-9(3-11(12)15-7)5-13-6-14-10/h3-6H,1-2H3. The molecule has 0 saturated heterocycles. The molecule has 0 spiro atoms. The molecule has 0 aliphatic rings. The number of aryl methyl sites for hydroxylation is 2. The van der Waals surface area contributed by atoms with Crippen molar-refractivity contribution in [2.75, 3.05) is 0 Å². The first-order chi connectivity index (χ1) is 7.74. The lowest BCUT2D eigenvalue weighted by Gasteiger charge is -2.03. The molecule has 0 radical (unpaired) electrons.